The lowest BCUT2D eigenvalue weighted by Gasteiger charge is -2.21. The van der Waals surface area contributed by atoms with Gasteiger partial charge in [0.05, 0.1) is 6.04 Å². The molecule has 16 heavy (non-hydrogen) atoms. The Balaban J connectivity index is 2.24. The first-order chi connectivity index (χ1) is 7.66. The fourth-order valence-corrected chi connectivity index (χ4v) is 1.77. The number of carbonyl (C=O) groups is 1. The van der Waals surface area contributed by atoms with Crippen LogP contribution in [0.2, 0.25) is 0 Å². The molecule has 0 saturated carbocycles. The van der Waals surface area contributed by atoms with E-state index in [-0.39, 0.29) is 11.9 Å². The zero-order valence-corrected chi connectivity index (χ0v) is 8.61. The van der Waals surface area contributed by atoms with Crippen molar-refractivity contribution in [2.45, 2.75) is 12.5 Å². The fourth-order valence-electron chi connectivity index (χ4n) is 1.77. The summed E-state index contributed by atoms with van der Waals surface area (Å²) < 4.78 is 12.7. The van der Waals surface area contributed by atoms with Gasteiger partial charge in [-0.15, -0.1) is 0 Å². The molecule has 1 unspecified atom stereocenters. The highest BCUT2D eigenvalue weighted by Crippen LogP contribution is 2.21. The third-order valence-corrected chi connectivity index (χ3v) is 2.63. The Hall–Kier alpha value is -1.68. The molecule has 0 aliphatic carbocycles. The number of halogens is 1. The van der Waals surface area contributed by atoms with Gasteiger partial charge in [-0.05, 0) is 24.1 Å². The molecule has 0 fully saturated rings. The van der Waals surface area contributed by atoms with Crippen LogP contribution in [-0.4, -0.2) is 17.6 Å². The number of hydrogen-bond donors (Lipinski definition) is 2. The largest absolute Gasteiger partial charge is 0.478 e. The van der Waals surface area contributed by atoms with Gasteiger partial charge in [-0.25, -0.2) is 9.18 Å². The van der Waals surface area contributed by atoms with Gasteiger partial charge in [0.1, 0.15) is 5.82 Å². The van der Waals surface area contributed by atoms with Crippen molar-refractivity contribution >= 4 is 5.97 Å². The van der Waals surface area contributed by atoms with E-state index in [0.717, 1.165) is 5.56 Å². The number of hydrogen-bond acceptors (Lipinski definition) is 2. The Kier molecular flexibility index (Phi) is 3.01. The van der Waals surface area contributed by atoms with E-state index in [9.17, 15) is 9.18 Å². The lowest BCUT2D eigenvalue weighted by molar-refractivity contribution is -0.132. The SMILES string of the molecule is O=C(O)C1=CC(c2ccc(F)cc2)NCC1. The Morgan fingerprint density at radius 2 is 2.06 bits per heavy atom. The summed E-state index contributed by atoms with van der Waals surface area (Å²) in [6.07, 6.45) is 2.20. The first kappa shape index (κ1) is 10.8. The van der Waals surface area contributed by atoms with Crippen LogP contribution in [0.1, 0.15) is 18.0 Å². The molecule has 0 spiro atoms. The van der Waals surface area contributed by atoms with Crippen molar-refractivity contribution < 1.29 is 14.3 Å². The van der Waals surface area contributed by atoms with Gasteiger partial charge in [0, 0.05) is 12.1 Å². The molecule has 4 heteroatoms. The average Bonchev–Trinajstić information content (AvgIpc) is 2.30. The monoisotopic (exact) mass is 221 g/mol. The molecule has 0 saturated heterocycles. The second-order valence-corrected chi connectivity index (χ2v) is 3.73. The Morgan fingerprint density at radius 3 is 2.69 bits per heavy atom. The van der Waals surface area contributed by atoms with E-state index in [1.54, 1.807) is 18.2 Å². The summed E-state index contributed by atoms with van der Waals surface area (Å²) in [6.45, 7) is 0.625. The summed E-state index contributed by atoms with van der Waals surface area (Å²) in [5, 5.41) is 12.1. The van der Waals surface area contributed by atoms with Gasteiger partial charge < -0.3 is 10.4 Å². The Bertz CT molecular complexity index is 425. The maximum Gasteiger partial charge on any atom is 0.331 e. The van der Waals surface area contributed by atoms with Crippen LogP contribution in [0.25, 0.3) is 0 Å². The quantitative estimate of drug-likeness (QED) is 0.801. The van der Waals surface area contributed by atoms with Crippen LogP contribution in [0, 0.1) is 5.82 Å². The summed E-state index contributed by atoms with van der Waals surface area (Å²) in [4.78, 5) is 10.8. The van der Waals surface area contributed by atoms with Crippen LogP contribution >= 0.6 is 0 Å². The third-order valence-electron chi connectivity index (χ3n) is 2.63. The lowest BCUT2D eigenvalue weighted by Crippen LogP contribution is -2.27. The first-order valence-electron chi connectivity index (χ1n) is 5.09. The second kappa shape index (κ2) is 4.45. The maximum atomic E-state index is 12.7. The van der Waals surface area contributed by atoms with Crippen molar-refractivity contribution in [1.29, 1.82) is 0 Å². The third kappa shape index (κ3) is 2.28. The van der Waals surface area contributed by atoms with E-state index in [1.165, 1.54) is 12.1 Å². The summed E-state index contributed by atoms with van der Waals surface area (Å²) in [5.41, 5.74) is 1.29. The van der Waals surface area contributed by atoms with Crippen LogP contribution in [0.5, 0.6) is 0 Å². The summed E-state index contributed by atoms with van der Waals surface area (Å²) >= 11 is 0. The molecule has 1 aliphatic heterocycles. The van der Waals surface area contributed by atoms with Crippen molar-refractivity contribution in [3.63, 3.8) is 0 Å². The van der Waals surface area contributed by atoms with E-state index in [1.807, 2.05) is 0 Å². The van der Waals surface area contributed by atoms with Crippen molar-refractivity contribution in [2.75, 3.05) is 6.54 Å². The molecule has 84 valence electrons. The van der Waals surface area contributed by atoms with Crippen LogP contribution < -0.4 is 5.32 Å². The molecular weight excluding hydrogens is 209 g/mol. The summed E-state index contributed by atoms with van der Waals surface area (Å²) in [5.74, 6) is -1.17. The number of rotatable bonds is 2. The standard InChI is InChI=1S/C12H12FNO2/c13-10-3-1-8(2-4-10)11-7-9(12(15)16)5-6-14-11/h1-4,7,11,14H,5-6H2,(H,15,16). The van der Waals surface area contributed by atoms with Gasteiger partial charge >= 0.3 is 5.97 Å². The van der Waals surface area contributed by atoms with Gasteiger partial charge in [-0.1, -0.05) is 18.2 Å². The maximum absolute atomic E-state index is 12.7. The van der Waals surface area contributed by atoms with Gasteiger partial charge in [0.2, 0.25) is 0 Å². The highest BCUT2D eigenvalue weighted by Gasteiger charge is 2.18. The van der Waals surface area contributed by atoms with Gasteiger partial charge in [0.15, 0.2) is 0 Å². The molecule has 1 heterocycles. The number of nitrogens with one attached hydrogen (secondary N) is 1. The predicted molar refractivity (Wildman–Crippen MR) is 57.5 cm³/mol. The van der Waals surface area contributed by atoms with E-state index in [2.05, 4.69) is 5.32 Å². The van der Waals surface area contributed by atoms with E-state index >= 15 is 0 Å². The van der Waals surface area contributed by atoms with E-state index in [0.29, 0.717) is 18.5 Å². The fraction of sp³-hybridized carbons (Fsp3) is 0.250. The molecule has 0 radical (unpaired) electrons. The van der Waals surface area contributed by atoms with E-state index < -0.39 is 5.97 Å². The number of carboxylic acids is 1. The molecule has 0 aromatic heterocycles. The van der Waals surface area contributed by atoms with Crippen LogP contribution in [-0.2, 0) is 4.79 Å². The van der Waals surface area contributed by atoms with Crippen LogP contribution in [0.15, 0.2) is 35.9 Å². The molecule has 0 amide bonds. The Morgan fingerprint density at radius 1 is 1.38 bits per heavy atom. The molecule has 3 nitrogen and oxygen atoms in total. The molecule has 1 atom stereocenters. The predicted octanol–water partition coefficient (Wildman–Crippen LogP) is 1.87. The zero-order valence-electron chi connectivity index (χ0n) is 8.61. The zero-order chi connectivity index (χ0) is 11.5. The number of benzene rings is 1. The van der Waals surface area contributed by atoms with Gasteiger partial charge in [-0.2, -0.15) is 0 Å². The van der Waals surface area contributed by atoms with Crippen molar-refractivity contribution in [1.82, 2.24) is 5.32 Å². The molecule has 1 aromatic rings. The molecule has 2 rings (SSSR count). The molecule has 2 N–H and O–H groups in total. The van der Waals surface area contributed by atoms with Crippen molar-refractivity contribution in [3.8, 4) is 0 Å². The summed E-state index contributed by atoms with van der Waals surface area (Å²) in [6, 6.07) is 5.93. The van der Waals surface area contributed by atoms with Gasteiger partial charge in [-0.3, -0.25) is 0 Å². The molecule has 1 aliphatic rings. The number of aliphatic carboxylic acids is 1. The van der Waals surface area contributed by atoms with Gasteiger partial charge in [0.25, 0.3) is 0 Å². The minimum Gasteiger partial charge on any atom is -0.478 e. The minimum atomic E-state index is -0.881. The smallest absolute Gasteiger partial charge is 0.331 e. The topological polar surface area (TPSA) is 49.3 Å². The average molecular weight is 221 g/mol. The van der Waals surface area contributed by atoms with Crippen LogP contribution in [0.4, 0.5) is 4.39 Å². The van der Waals surface area contributed by atoms with Crippen molar-refractivity contribution in [3.05, 3.63) is 47.3 Å². The van der Waals surface area contributed by atoms with E-state index in [4.69, 9.17) is 5.11 Å². The molecular formula is C12H12FNO2. The normalized spacial score (nSPS) is 20.3. The van der Waals surface area contributed by atoms with Crippen LogP contribution in [0.3, 0.4) is 0 Å². The summed E-state index contributed by atoms with van der Waals surface area (Å²) in [7, 11) is 0. The minimum absolute atomic E-state index is 0.138. The molecule has 0 bridgehead atoms. The lowest BCUT2D eigenvalue weighted by atomic mass is 9.99. The van der Waals surface area contributed by atoms with Crippen molar-refractivity contribution in [2.24, 2.45) is 0 Å². The molecule has 1 aromatic carbocycles. The number of carboxylic acid groups (broad SMARTS) is 1. The first-order valence-corrected chi connectivity index (χ1v) is 5.09. The highest BCUT2D eigenvalue weighted by molar-refractivity contribution is 5.86. The second-order valence-electron chi connectivity index (χ2n) is 3.73. The highest BCUT2D eigenvalue weighted by atomic mass is 19.1. The Labute approximate surface area is 92.6 Å².